The molecule has 1 aromatic rings. The molecule has 84 valence electrons. The number of carbonyl (C=O) groups is 1. The first kappa shape index (κ1) is 12.3. The zero-order valence-electron chi connectivity index (χ0n) is 9.66. The van der Waals surface area contributed by atoms with Gasteiger partial charge in [0.1, 0.15) is 6.54 Å². The van der Waals surface area contributed by atoms with E-state index in [0.29, 0.717) is 11.5 Å². The lowest BCUT2D eigenvalue weighted by Crippen LogP contribution is -2.23. The molecule has 0 aliphatic heterocycles. The number of nitrogens with zero attached hydrogens (tertiary/aromatic N) is 1. The summed E-state index contributed by atoms with van der Waals surface area (Å²) in [6, 6.07) is 9.41. The quantitative estimate of drug-likeness (QED) is 0.786. The summed E-state index contributed by atoms with van der Waals surface area (Å²) in [5.41, 5.74) is 1.83. The van der Waals surface area contributed by atoms with Crippen molar-refractivity contribution < 1.29 is 4.79 Å². The van der Waals surface area contributed by atoms with E-state index in [4.69, 9.17) is 5.26 Å². The van der Waals surface area contributed by atoms with Gasteiger partial charge in [0.15, 0.2) is 0 Å². The predicted octanol–water partition coefficient (Wildman–Crippen LogP) is 2.45. The fourth-order valence-corrected chi connectivity index (χ4v) is 1.42. The SMILES string of the molecule is CCC(C)c1ccc(C(=O)NCC#N)cc1. The van der Waals surface area contributed by atoms with Gasteiger partial charge in [0.25, 0.3) is 5.91 Å². The summed E-state index contributed by atoms with van der Waals surface area (Å²) in [5.74, 6) is 0.313. The number of amides is 1. The Morgan fingerprint density at radius 1 is 1.44 bits per heavy atom. The third kappa shape index (κ3) is 3.09. The summed E-state index contributed by atoms with van der Waals surface area (Å²) in [4.78, 5) is 11.5. The van der Waals surface area contributed by atoms with E-state index in [1.54, 1.807) is 12.1 Å². The highest BCUT2D eigenvalue weighted by atomic mass is 16.1. The summed E-state index contributed by atoms with van der Waals surface area (Å²) in [5, 5.41) is 10.9. The number of benzene rings is 1. The molecule has 16 heavy (non-hydrogen) atoms. The van der Waals surface area contributed by atoms with Crippen molar-refractivity contribution in [3.8, 4) is 6.07 Å². The normalized spacial score (nSPS) is 11.6. The second kappa shape index (κ2) is 5.92. The number of nitriles is 1. The van der Waals surface area contributed by atoms with Crippen molar-refractivity contribution in [3.63, 3.8) is 0 Å². The van der Waals surface area contributed by atoms with Crippen molar-refractivity contribution in [3.05, 3.63) is 35.4 Å². The molecule has 0 heterocycles. The molecular weight excluding hydrogens is 200 g/mol. The van der Waals surface area contributed by atoms with Gasteiger partial charge < -0.3 is 5.32 Å². The van der Waals surface area contributed by atoms with Crippen LogP contribution in [0.5, 0.6) is 0 Å². The maximum absolute atomic E-state index is 11.5. The van der Waals surface area contributed by atoms with Crippen molar-refractivity contribution in [1.29, 1.82) is 5.26 Å². The van der Waals surface area contributed by atoms with E-state index in [0.717, 1.165) is 6.42 Å². The van der Waals surface area contributed by atoms with E-state index in [1.165, 1.54) is 5.56 Å². The van der Waals surface area contributed by atoms with Crippen molar-refractivity contribution in [2.45, 2.75) is 26.2 Å². The zero-order valence-corrected chi connectivity index (χ0v) is 9.66. The molecule has 0 fully saturated rings. The summed E-state index contributed by atoms with van der Waals surface area (Å²) < 4.78 is 0. The van der Waals surface area contributed by atoms with Gasteiger partial charge in [0.2, 0.25) is 0 Å². The highest BCUT2D eigenvalue weighted by Crippen LogP contribution is 2.18. The Bertz CT molecular complexity index is 389. The Kier molecular flexibility index (Phi) is 4.53. The van der Waals surface area contributed by atoms with Crippen LogP contribution in [0.25, 0.3) is 0 Å². The Labute approximate surface area is 96.1 Å². The van der Waals surface area contributed by atoms with Crippen LogP contribution in [-0.2, 0) is 0 Å². The van der Waals surface area contributed by atoms with E-state index in [-0.39, 0.29) is 12.5 Å². The molecule has 1 amide bonds. The average Bonchev–Trinajstić information content (AvgIpc) is 2.35. The lowest BCUT2D eigenvalue weighted by molar-refractivity contribution is 0.0958. The fourth-order valence-electron chi connectivity index (χ4n) is 1.42. The lowest BCUT2D eigenvalue weighted by atomic mass is 9.97. The Balaban J connectivity index is 2.71. The van der Waals surface area contributed by atoms with Gasteiger partial charge in [-0.25, -0.2) is 0 Å². The minimum Gasteiger partial charge on any atom is -0.339 e. The minimum absolute atomic E-state index is 0.0476. The van der Waals surface area contributed by atoms with E-state index >= 15 is 0 Å². The summed E-state index contributed by atoms with van der Waals surface area (Å²) in [6.07, 6.45) is 1.08. The van der Waals surface area contributed by atoms with E-state index in [2.05, 4.69) is 19.2 Å². The monoisotopic (exact) mass is 216 g/mol. The number of hydrogen-bond donors (Lipinski definition) is 1. The molecule has 1 rings (SSSR count). The first-order chi connectivity index (χ1) is 7.69. The molecule has 1 N–H and O–H groups in total. The second-order valence-electron chi connectivity index (χ2n) is 3.77. The summed E-state index contributed by atoms with van der Waals surface area (Å²) >= 11 is 0. The molecule has 1 aromatic carbocycles. The van der Waals surface area contributed by atoms with E-state index in [9.17, 15) is 4.79 Å². The van der Waals surface area contributed by atoms with Gasteiger partial charge in [-0.3, -0.25) is 4.79 Å². The molecule has 1 unspecified atom stereocenters. The fraction of sp³-hybridized carbons (Fsp3) is 0.385. The summed E-state index contributed by atoms with van der Waals surface area (Å²) in [7, 11) is 0. The standard InChI is InChI=1S/C13H16N2O/c1-3-10(2)11-4-6-12(7-5-11)13(16)15-9-8-14/h4-7,10H,3,9H2,1-2H3,(H,15,16). The maximum atomic E-state index is 11.5. The molecule has 0 aliphatic rings. The topological polar surface area (TPSA) is 52.9 Å². The summed E-state index contributed by atoms with van der Waals surface area (Å²) in [6.45, 7) is 4.34. The van der Waals surface area contributed by atoms with Gasteiger partial charge in [0.05, 0.1) is 6.07 Å². The largest absolute Gasteiger partial charge is 0.339 e. The second-order valence-corrected chi connectivity index (χ2v) is 3.77. The molecule has 0 saturated carbocycles. The first-order valence-electron chi connectivity index (χ1n) is 5.44. The van der Waals surface area contributed by atoms with Crippen LogP contribution in [0.15, 0.2) is 24.3 Å². The number of carbonyl (C=O) groups excluding carboxylic acids is 1. The number of rotatable bonds is 4. The third-order valence-electron chi connectivity index (χ3n) is 2.68. The molecule has 0 aromatic heterocycles. The molecule has 0 aliphatic carbocycles. The van der Waals surface area contributed by atoms with Crippen LogP contribution in [0.1, 0.15) is 42.1 Å². The van der Waals surface area contributed by atoms with Gasteiger partial charge in [-0.2, -0.15) is 5.26 Å². The molecule has 3 heteroatoms. The highest BCUT2D eigenvalue weighted by Gasteiger charge is 2.06. The van der Waals surface area contributed by atoms with Gasteiger partial charge in [-0.05, 0) is 30.0 Å². The molecule has 3 nitrogen and oxygen atoms in total. The van der Waals surface area contributed by atoms with Crippen LogP contribution in [0, 0.1) is 11.3 Å². The van der Waals surface area contributed by atoms with E-state index < -0.39 is 0 Å². The van der Waals surface area contributed by atoms with Crippen LogP contribution in [0.2, 0.25) is 0 Å². The molecule has 1 atom stereocenters. The van der Waals surface area contributed by atoms with Crippen molar-refractivity contribution >= 4 is 5.91 Å². The van der Waals surface area contributed by atoms with Crippen molar-refractivity contribution in [2.75, 3.05) is 6.54 Å². The Morgan fingerprint density at radius 3 is 2.56 bits per heavy atom. The van der Waals surface area contributed by atoms with Gasteiger partial charge in [0, 0.05) is 5.56 Å². The van der Waals surface area contributed by atoms with Gasteiger partial charge in [-0.1, -0.05) is 26.0 Å². The number of hydrogen-bond acceptors (Lipinski definition) is 2. The molecular formula is C13H16N2O. The zero-order chi connectivity index (χ0) is 12.0. The Morgan fingerprint density at radius 2 is 2.06 bits per heavy atom. The first-order valence-corrected chi connectivity index (χ1v) is 5.44. The highest BCUT2D eigenvalue weighted by molar-refractivity contribution is 5.94. The third-order valence-corrected chi connectivity index (χ3v) is 2.68. The van der Waals surface area contributed by atoms with Crippen LogP contribution < -0.4 is 5.32 Å². The van der Waals surface area contributed by atoms with Crippen LogP contribution in [0.3, 0.4) is 0 Å². The van der Waals surface area contributed by atoms with Crippen LogP contribution in [-0.4, -0.2) is 12.5 Å². The smallest absolute Gasteiger partial charge is 0.252 e. The van der Waals surface area contributed by atoms with Crippen molar-refractivity contribution in [2.24, 2.45) is 0 Å². The molecule has 0 bridgehead atoms. The molecule has 0 saturated heterocycles. The predicted molar refractivity (Wildman–Crippen MR) is 63.1 cm³/mol. The van der Waals surface area contributed by atoms with Crippen LogP contribution in [0.4, 0.5) is 0 Å². The van der Waals surface area contributed by atoms with Crippen molar-refractivity contribution in [1.82, 2.24) is 5.32 Å². The lowest BCUT2D eigenvalue weighted by Gasteiger charge is -2.09. The average molecular weight is 216 g/mol. The molecule has 0 radical (unpaired) electrons. The Hall–Kier alpha value is -1.82. The maximum Gasteiger partial charge on any atom is 0.252 e. The molecule has 0 spiro atoms. The van der Waals surface area contributed by atoms with Gasteiger partial charge >= 0.3 is 0 Å². The van der Waals surface area contributed by atoms with Crippen LogP contribution >= 0.6 is 0 Å². The van der Waals surface area contributed by atoms with Gasteiger partial charge in [-0.15, -0.1) is 0 Å². The van der Waals surface area contributed by atoms with E-state index in [1.807, 2.05) is 18.2 Å². The number of nitrogens with one attached hydrogen (secondary N) is 1. The minimum atomic E-state index is -0.197.